The molecule has 0 unspecified atom stereocenters. The molecule has 1 aliphatic heterocycles. The number of imidazole rings is 1. The Kier molecular flexibility index (Phi) is 4.31. The van der Waals surface area contributed by atoms with Crippen molar-refractivity contribution in [1.29, 1.82) is 0 Å². The van der Waals surface area contributed by atoms with Crippen molar-refractivity contribution >= 4 is 0 Å². The van der Waals surface area contributed by atoms with Gasteiger partial charge in [0, 0.05) is 32.4 Å². The fourth-order valence-corrected chi connectivity index (χ4v) is 3.43. The lowest BCUT2D eigenvalue weighted by molar-refractivity contribution is 0.194. The third-order valence-electron chi connectivity index (χ3n) is 5.01. The summed E-state index contributed by atoms with van der Waals surface area (Å²) in [6.07, 6.45) is 9.29. The molecule has 0 atom stereocenters. The summed E-state index contributed by atoms with van der Waals surface area (Å²) in [7, 11) is 4.09. The predicted octanol–water partition coefficient (Wildman–Crippen LogP) is 0.568. The van der Waals surface area contributed by atoms with Gasteiger partial charge in [0.15, 0.2) is 5.82 Å². The lowest BCUT2D eigenvalue weighted by Crippen LogP contribution is -2.34. The standard InChI is InChI=1S/C16H23N9/c1-22-8-5-18-14(22)9-24-6-3-13(4-7-24)16-21-20-15(23(16)2)10-25-12-17-11-19-25/h5,8,11-13H,3-4,6-7,9-10H2,1-2H3. The summed E-state index contributed by atoms with van der Waals surface area (Å²) >= 11 is 0. The normalized spacial score (nSPS) is 16.6. The minimum atomic E-state index is 0.458. The van der Waals surface area contributed by atoms with Crippen LogP contribution >= 0.6 is 0 Å². The van der Waals surface area contributed by atoms with Gasteiger partial charge in [-0.3, -0.25) is 4.90 Å². The van der Waals surface area contributed by atoms with Gasteiger partial charge in [0.1, 0.15) is 30.8 Å². The quantitative estimate of drug-likeness (QED) is 0.675. The SMILES string of the molecule is Cn1ccnc1CN1CCC(c2nnc(Cn3cncn3)n2C)CC1. The highest BCUT2D eigenvalue weighted by molar-refractivity contribution is 5.04. The summed E-state index contributed by atoms with van der Waals surface area (Å²) in [5, 5.41) is 12.9. The number of aryl methyl sites for hydroxylation is 1. The summed E-state index contributed by atoms with van der Waals surface area (Å²) in [6, 6.07) is 0. The third kappa shape index (κ3) is 3.32. The molecule has 1 aliphatic rings. The van der Waals surface area contributed by atoms with E-state index in [0.29, 0.717) is 12.5 Å². The first-order chi connectivity index (χ1) is 12.2. The number of piperidine rings is 1. The maximum absolute atomic E-state index is 4.45. The van der Waals surface area contributed by atoms with E-state index < -0.39 is 0 Å². The largest absolute Gasteiger partial charge is 0.337 e. The van der Waals surface area contributed by atoms with Crippen LogP contribution in [0.3, 0.4) is 0 Å². The van der Waals surface area contributed by atoms with Crippen LogP contribution < -0.4 is 0 Å². The average molecular weight is 341 g/mol. The predicted molar refractivity (Wildman–Crippen MR) is 90.6 cm³/mol. The van der Waals surface area contributed by atoms with Crippen molar-refractivity contribution in [3.8, 4) is 0 Å². The molecule has 3 aromatic rings. The number of aromatic nitrogens is 8. The summed E-state index contributed by atoms with van der Waals surface area (Å²) in [5.74, 6) is 3.56. The maximum atomic E-state index is 4.45. The molecule has 0 aliphatic carbocycles. The van der Waals surface area contributed by atoms with Gasteiger partial charge in [0.05, 0.1) is 6.54 Å². The van der Waals surface area contributed by atoms with Gasteiger partial charge in [-0.2, -0.15) is 5.10 Å². The number of rotatable bonds is 5. The van der Waals surface area contributed by atoms with Crippen molar-refractivity contribution in [3.05, 3.63) is 42.5 Å². The van der Waals surface area contributed by atoms with Crippen LogP contribution in [0.15, 0.2) is 25.0 Å². The molecule has 1 saturated heterocycles. The molecule has 9 nitrogen and oxygen atoms in total. The number of hydrogen-bond acceptors (Lipinski definition) is 6. The summed E-state index contributed by atoms with van der Waals surface area (Å²) in [5.41, 5.74) is 0. The Balaban J connectivity index is 1.38. The first kappa shape index (κ1) is 15.9. The summed E-state index contributed by atoms with van der Waals surface area (Å²) in [6.45, 7) is 3.62. The van der Waals surface area contributed by atoms with Crippen molar-refractivity contribution in [3.63, 3.8) is 0 Å². The molecule has 0 N–H and O–H groups in total. The smallest absolute Gasteiger partial charge is 0.154 e. The highest BCUT2D eigenvalue weighted by Crippen LogP contribution is 2.27. The van der Waals surface area contributed by atoms with Crippen LogP contribution in [0.4, 0.5) is 0 Å². The third-order valence-corrected chi connectivity index (χ3v) is 5.01. The molecule has 25 heavy (non-hydrogen) atoms. The van der Waals surface area contributed by atoms with Gasteiger partial charge in [-0.05, 0) is 25.9 Å². The van der Waals surface area contributed by atoms with Gasteiger partial charge in [0.25, 0.3) is 0 Å². The van der Waals surface area contributed by atoms with E-state index in [1.165, 1.54) is 6.33 Å². The highest BCUT2D eigenvalue weighted by atomic mass is 15.4. The van der Waals surface area contributed by atoms with E-state index in [2.05, 4.69) is 39.3 Å². The lowest BCUT2D eigenvalue weighted by Gasteiger charge is -2.31. The van der Waals surface area contributed by atoms with Gasteiger partial charge < -0.3 is 9.13 Å². The molecule has 0 amide bonds. The van der Waals surface area contributed by atoms with Gasteiger partial charge >= 0.3 is 0 Å². The molecule has 0 bridgehead atoms. The molecular formula is C16H23N9. The monoisotopic (exact) mass is 341 g/mol. The molecule has 0 aromatic carbocycles. The Morgan fingerprint density at radius 1 is 1.08 bits per heavy atom. The maximum Gasteiger partial charge on any atom is 0.154 e. The Bertz CT molecular complexity index is 809. The fourth-order valence-electron chi connectivity index (χ4n) is 3.43. The van der Waals surface area contributed by atoms with Crippen LogP contribution in [-0.2, 0) is 27.2 Å². The van der Waals surface area contributed by atoms with E-state index in [1.54, 1.807) is 11.0 Å². The highest BCUT2D eigenvalue weighted by Gasteiger charge is 2.25. The van der Waals surface area contributed by atoms with E-state index in [4.69, 9.17) is 0 Å². The van der Waals surface area contributed by atoms with E-state index in [9.17, 15) is 0 Å². The van der Waals surface area contributed by atoms with Crippen molar-refractivity contribution in [1.82, 2.24) is 44.0 Å². The van der Waals surface area contributed by atoms with Crippen LogP contribution in [-0.4, -0.2) is 57.1 Å². The minimum absolute atomic E-state index is 0.458. The van der Waals surface area contributed by atoms with Crippen LogP contribution in [0, 0.1) is 0 Å². The molecule has 1 fully saturated rings. The van der Waals surface area contributed by atoms with Crippen LogP contribution in [0.1, 0.15) is 36.2 Å². The lowest BCUT2D eigenvalue weighted by atomic mass is 9.96. The molecule has 4 heterocycles. The topological polar surface area (TPSA) is 82.5 Å². The van der Waals surface area contributed by atoms with Crippen molar-refractivity contribution < 1.29 is 0 Å². The number of hydrogen-bond donors (Lipinski definition) is 0. The number of likely N-dealkylation sites (tertiary alicyclic amines) is 1. The van der Waals surface area contributed by atoms with Gasteiger partial charge in [-0.15, -0.1) is 10.2 Å². The fraction of sp³-hybridized carbons (Fsp3) is 0.562. The summed E-state index contributed by atoms with van der Waals surface area (Å²) in [4.78, 5) is 10.9. The minimum Gasteiger partial charge on any atom is -0.337 e. The first-order valence-corrected chi connectivity index (χ1v) is 8.60. The van der Waals surface area contributed by atoms with Gasteiger partial charge in [0.2, 0.25) is 0 Å². The Morgan fingerprint density at radius 3 is 2.60 bits per heavy atom. The molecule has 4 rings (SSSR count). The second-order valence-electron chi connectivity index (χ2n) is 6.63. The van der Waals surface area contributed by atoms with E-state index in [1.807, 2.05) is 26.5 Å². The second-order valence-corrected chi connectivity index (χ2v) is 6.63. The van der Waals surface area contributed by atoms with Crippen LogP contribution in [0.5, 0.6) is 0 Å². The van der Waals surface area contributed by atoms with Crippen molar-refractivity contribution in [2.75, 3.05) is 13.1 Å². The average Bonchev–Trinajstić information content (AvgIpc) is 3.34. The zero-order valence-electron chi connectivity index (χ0n) is 14.7. The Hall–Kier alpha value is -2.55. The molecule has 132 valence electrons. The Morgan fingerprint density at radius 2 is 1.92 bits per heavy atom. The first-order valence-electron chi connectivity index (χ1n) is 8.60. The van der Waals surface area contributed by atoms with Crippen LogP contribution in [0.2, 0.25) is 0 Å². The van der Waals surface area contributed by atoms with Gasteiger partial charge in [-0.25, -0.2) is 14.6 Å². The van der Waals surface area contributed by atoms with E-state index >= 15 is 0 Å². The summed E-state index contributed by atoms with van der Waals surface area (Å²) < 4.78 is 5.97. The van der Waals surface area contributed by atoms with E-state index in [-0.39, 0.29) is 0 Å². The van der Waals surface area contributed by atoms with E-state index in [0.717, 1.165) is 49.9 Å². The molecule has 9 heteroatoms. The molecule has 0 radical (unpaired) electrons. The van der Waals surface area contributed by atoms with Crippen molar-refractivity contribution in [2.24, 2.45) is 14.1 Å². The molecular weight excluding hydrogens is 318 g/mol. The number of nitrogens with zero attached hydrogens (tertiary/aromatic N) is 9. The zero-order valence-corrected chi connectivity index (χ0v) is 14.7. The zero-order chi connectivity index (χ0) is 17.2. The Labute approximate surface area is 146 Å². The molecule has 0 spiro atoms. The second kappa shape index (κ2) is 6.75. The van der Waals surface area contributed by atoms with Crippen LogP contribution in [0.25, 0.3) is 0 Å². The molecule has 3 aromatic heterocycles. The van der Waals surface area contributed by atoms with Crippen molar-refractivity contribution in [2.45, 2.75) is 31.8 Å². The van der Waals surface area contributed by atoms with Gasteiger partial charge in [-0.1, -0.05) is 0 Å². The molecule has 0 saturated carbocycles.